The largest absolute Gasteiger partial charge is 0.493 e. The van der Waals surface area contributed by atoms with E-state index in [-0.39, 0.29) is 5.84 Å². The van der Waals surface area contributed by atoms with Crippen LogP contribution in [0, 0.1) is 0 Å². The van der Waals surface area contributed by atoms with Gasteiger partial charge in [0, 0.05) is 44.2 Å². The molecule has 2 aliphatic heterocycles. The van der Waals surface area contributed by atoms with Gasteiger partial charge in [0.15, 0.2) is 5.84 Å². The molecule has 0 amide bonds. The minimum Gasteiger partial charge on any atom is -0.493 e. The molecule has 0 saturated carbocycles. The fraction of sp³-hybridized carbons (Fsp3) is 0.533. The molecule has 21 heavy (non-hydrogen) atoms. The Morgan fingerprint density at radius 3 is 2.71 bits per heavy atom. The number of para-hydroxylation sites is 1. The van der Waals surface area contributed by atoms with Crippen molar-refractivity contribution >= 4 is 5.84 Å². The number of benzene rings is 1. The lowest BCUT2D eigenvalue weighted by Gasteiger charge is -2.35. The van der Waals surface area contributed by atoms with Gasteiger partial charge in [-0.1, -0.05) is 23.4 Å². The first-order chi connectivity index (χ1) is 10.3. The lowest BCUT2D eigenvalue weighted by Crippen LogP contribution is -2.49. The molecule has 1 saturated heterocycles. The fourth-order valence-corrected chi connectivity index (χ4v) is 3.08. The van der Waals surface area contributed by atoms with Crippen LogP contribution in [0.5, 0.6) is 5.75 Å². The summed E-state index contributed by atoms with van der Waals surface area (Å²) in [6.45, 7) is 6.28. The first kappa shape index (κ1) is 14.2. The van der Waals surface area contributed by atoms with Crippen LogP contribution in [0.3, 0.4) is 0 Å². The molecule has 0 radical (unpaired) electrons. The number of hydrogen-bond donors (Lipinski definition) is 2. The predicted molar refractivity (Wildman–Crippen MR) is 81.0 cm³/mol. The van der Waals surface area contributed by atoms with Crippen molar-refractivity contribution in [2.75, 3.05) is 45.9 Å². The summed E-state index contributed by atoms with van der Waals surface area (Å²) in [4.78, 5) is 4.68. The van der Waals surface area contributed by atoms with Crippen LogP contribution in [0.25, 0.3) is 0 Å². The monoisotopic (exact) mass is 290 g/mol. The van der Waals surface area contributed by atoms with E-state index in [0.29, 0.717) is 12.5 Å². The Labute approximate surface area is 124 Å². The zero-order valence-corrected chi connectivity index (χ0v) is 12.1. The van der Waals surface area contributed by atoms with Crippen molar-refractivity contribution in [2.24, 2.45) is 10.9 Å². The Kier molecular flexibility index (Phi) is 4.26. The van der Waals surface area contributed by atoms with Gasteiger partial charge < -0.3 is 20.6 Å². The van der Waals surface area contributed by atoms with Crippen LogP contribution in [-0.4, -0.2) is 66.7 Å². The van der Waals surface area contributed by atoms with E-state index in [4.69, 9.17) is 15.7 Å². The number of fused-ring (bicyclic) bond motifs is 1. The van der Waals surface area contributed by atoms with Crippen molar-refractivity contribution in [2.45, 2.75) is 5.92 Å². The van der Waals surface area contributed by atoms with E-state index in [0.717, 1.165) is 45.1 Å². The fourth-order valence-electron chi connectivity index (χ4n) is 3.08. The average Bonchev–Trinajstić information content (AvgIpc) is 2.92. The third-order valence-electron chi connectivity index (χ3n) is 4.26. The number of rotatable bonds is 4. The van der Waals surface area contributed by atoms with Crippen LogP contribution in [0.1, 0.15) is 11.5 Å². The second-order valence-electron chi connectivity index (χ2n) is 5.71. The summed E-state index contributed by atoms with van der Waals surface area (Å²) in [5.41, 5.74) is 6.88. The number of oxime groups is 1. The molecule has 114 valence electrons. The number of piperazine rings is 1. The number of amidine groups is 1. The molecular weight excluding hydrogens is 268 g/mol. The standard InChI is InChI=1S/C15H22N4O2/c16-15(17-20)10-19-7-5-18(6-8-19)9-12-11-21-14-4-2-1-3-13(12)14/h1-4,12,20H,5-11H2,(H2,16,17). The van der Waals surface area contributed by atoms with Crippen LogP contribution in [0.4, 0.5) is 0 Å². The van der Waals surface area contributed by atoms with Crippen molar-refractivity contribution in [3.8, 4) is 5.75 Å². The number of ether oxygens (including phenoxy) is 1. The summed E-state index contributed by atoms with van der Waals surface area (Å²) in [5.74, 6) is 1.78. The van der Waals surface area contributed by atoms with Gasteiger partial charge in [-0.3, -0.25) is 4.90 Å². The molecule has 3 rings (SSSR count). The van der Waals surface area contributed by atoms with Crippen LogP contribution >= 0.6 is 0 Å². The molecule has 0 bridgehead atoms. The van der Waals surface area contributed by atoms with E-state index in [1.54, 1.807) is 0 Å². The first-order valence-electron chi connectivity index (χ1n) is 7.39. The molecular formula is C15H22N4O2. The van der Waals surface area contributed by atoms with Gasteiger partial charge in [-0.25, -0.2) is 0 Å². The maximum Gasteiger partial charge on any atom is 0.153 e. The van der Waals surface area contributed by atoms with E-state index in [2.05, 4.69) is 27.1 Å². The van der Waals surface area contributed by atoms with E-state index in [1.807, 2.05) is 12.1 Å². The van der Waals surface area contributed by atoms with Gasteiger partial charge in [-0.15, -0.1) is 0 Å². The highest BCUT2D eigenvalue weighted by molar-refractivity contribution is 5.81. The van der Waals surface area contributed by atoms with Crippen LogP contribution in [0.2, 0.25) is 0 Å². The van der Waals surface area contributed by atoms with Gasteiger partial charge in [0.1, 0.15) is 5.75 Å². The maximum absolute atomic E-state index is 8.61. The Bertz CT molecular complexity index is 512. The van der Waals surface area contributed by atoms with E-state index in [1.165, 1.54) is 5.56 Å². The second kappa shape index (κ2) is 6.32. The predicted octanol–water partition coefficient (Wildman–Crippen LogP) is 0.527. The number of hydrogen-bond acceptors (Lipinski definition) is 5. The van der Waals surface area contributed by atoms with Gasteiger partial charge in [0.25, 0.3) is 0 Å². The number of nitrogens with zero attached hydrogens (tertiary/aromatic N) is 3. The molecule has 0 aliphatic carbocycles. The van der Waals surface area contributed by atoms with Crippen molar-refractivity contribution in [1.82, 2.24) is 9.80 Å². The lowest BCUT2D eigenvalue weighted by atomic mass is 10.0. The third-order valence-corrected chi connectivity index (χ3v) is 4.26. The number of nitrogens with two attached hydrogens (primary N) is 1. The molecule has 1 fully saturated rings. The van der Waals surface area contributed by atoms with Crippen LogP contribution in [-0.2, 0) is 0 Å². The summed E-state index contributed by atoms with van der Waals surface area (Å²) in [6, 6.07) is 8.31. The topological polar surface area (TPSA) is 74.3 Å². The van der Waals surface area contributed by atoms with E-state index < -0.39 is 0 Å². The highest BCUT2D eigenvalue weighted by Crippen LogP contribution is 2.33. The minimum absolute atomic E-state index is 0.279. The quantitative estimate of drug-likeness (QED) is 0.366. The van der Waals surface area contributed by atoms with Crippen LogP contribution < -0.4 is 10.5 Å². The summed E-state index contributed by atoms with van der Waals surface area (Å²) in [6.07, 6.45) is 0. The average molecular weight is 290 g/mol. The Hall–Kier alpha value is -1.79. The molecule has 2 heterocycles. The lowest BCUT2D eigenvalue weighted by molar-refractivity contribution is 0.134. The normalized spacial score (nSPS) is 23.8. The molecule has 6 heteroatoms. The minimum atomic E-state index is 0.279. The van der Waals surface area contributed by atoms with Crippen molar-refractivity contribution < 1.29 is 9.94 Å². The summed E-state index contributed by atoms with van der Waals surface area (Å²) in [7, 11) is 0. The van der Waals surface area contributed by atoms with Crippen LogP contribution in [0.15, 0.2) is 29.4 Å². The summed E-state index contributed by atoms with van der Waals surface area (Å²) < 4.78 is 5.74. The van der Waals surface area contributed by atoms with Crippen molar-refractivity contribution in [1.29, 1.82) is 0 Å². The highest BCUT2D eigenvalue weighted by atomic mass is 16.5. The molecule has 1 aromatic rings. The Morgan fingerprint density at radius 2 is 1.95 bits per heavy atom. The van der Waals surface area contributed by atoms with E-state index in [9.17, 15) is 0 Å². The van der Waals surface area contributed by atoms with Crippen molar-refractivity contribution in [3.05, 3.63) is 29.8 Å². The van der Waals surface area contributed by atoms with Gasteiger partial charge in [0.2, 0.25) is 0 Å². The smallest absolute Gasteiger partial charge is 0.153 e. The summed E-state index contributed by atoms with van der Waals surface area (Å²) >= 11 is 0. The Balaban J connectivity index is 1.50. The van der Waals surface area contributed by atoms with Gasteiger partial charge in [-0.05, 0) is 6.07 Å². The maximum atomic E-state index is 8.61. The zero-order valence-electron chi connectivity index (χ0n) is 12.1. The molecule has 6 nitrogen and oxygen atoms in total. The molecule has 1 atom stereocenters. The SMILES string of the molecule is NC(CN1CCN(CC2COc3ccccc32)CC1)=NO. The van der Waals surface area contributed by atoms with Gasteiger partial charge in [0.05, 0.1) is 13.2 Å². The summed E-state index contributed by atoms with van der Waals surface area (Å²) in [5, 5.41) is 11.6. The van der Waals surface area contributed by atoms with E-state index >= 15 is 0 Å². The molecule has 3 N–H and O–H groups in total. The molecule has 2 aliphatic rings. The highest BCUT2D eigenvalue weighted by Gasteiger charge is 2.27. The van der Waals surface area contributed by atoms with Gasteiger partial charge in [-0.2, -0.15) is 0 Å². The molecule has 1 aromatic carbocycles. The molecule has 0 aromatic heterocycles. The van der Waals surface area contributed by atoms with Gasteiger partial charge >= 0.3 is 0 Å². The van der Waals surface area contributed by atoms with Crippen molar-refractivity contribution in [3.63, 3.8) is 0 Å². The zero-order chi connectivity index (χ0) is 14.7. The Morgan fingerprint density at radius 1 is 1.24 bits per heavy atom. The molecule has 1 unspecified atom stereocenters. The molecule has 0 spiro atoms. The first-order valence-corrected chi connectivity index (χ1v) is 7.39. The second-order valence-corrected chi connectivity index (χ2v) is 5.71. The third kappa shape index (κ3) is 3.28.